The largest absolute Gasteiger partial charge is 0.494 e. The molecule has 2 rings (SSSR count). The van der Waals surface area contributed by atoms with Crippen molar-refractivity contribution >= 4 is 0 Å². The average Bonchev–Trinajstić information content (AvgIpc) is 2.88. The van der Waals surface area contributed by atoms with Crippen LogP contribution in [0.25, 0.3) is 0 Å². The van der Waals surface area contributed by atoms with Gasteiger partial charge < -0.3 is 15.2 Å². The quantitative estimate of drug-likeness (QED) is 0.788. The maximum Gasteiger partial charge on any atom is 0.119 e. The van der Waals surface area contributed by atoms with Crippen molar-refractivity contribution in [3.8, 4) is 5.75 Å². The summed E-state index contributed by atoms with van der Waals surface area (Å²) in [6.45, 7) is 3.68. The molecule has 0 bridgehead atoms. The van der Waals surface area contributed by atoms with Crippen LogP contribution in [0, 0.1) is 0 Å². The molecule has 1 aromatic rings. The molecule has 100 valence electrons. The van der Waals surface area contributed by atoms with Gasteiger partial charge in [0.05, 0.1) is 12.7 Å². The van der Waals surface area contributed by atoms with E-state index in [1.807, 2.05) is 31.2 Å². The second-order valence-electron chi connectivity index (χ2n) is 4.98. The molecule has 1 heterocycles. The van der Waals surface area contributed by atoms with E-state index in [0.717, 1.165) is 37.4 Å². The number of nitrogens with two attached hydrogens (primary N) is 1. The van der Waals surface area contributed by atoms with Crippen LogP contribution in [0.3, 0.4) is 0 Å². The minimum atomic E-state index is 0.0820. The maximum absolute atomic E-state index is 5.80. The van der Waals surface area contributed by atoms with Crippen LogP contribution in [0.1, 0.15) is 44.2 Å². The van der Waals surface area contributed by atoms with Gasteiger partial charge in [-0.05, 0) is 50.3 Å². The molecule has 18 heavy (non-hydrogen) atoms. The van der Waals surface area contributed by atoms with Crippen LogP contribution < -0.4 is 10.5 Å². The number of rotatable bonds is 6. The topological polar surface area (TPSA) is 44.5 Å². The summed E-state index contributed by atoms with van der Waals surface area (Å²) in [5, 5.41) is 0. The molecule has 0 saturated carbocycles. The lowest BCUT2D eigenvalue weighted by Crippen LogP contribution is -2.08. The van der Waals surface area contributed by atoms with Crippen molar-refractivity contribution in [2.75, 3.05) is 13.2 Å². The van der Waals surface area contributed by atoms with E-state index in [1.165, 1.54) is 12.8 Å². The molecule has 1 aliphatic heterocycles. The molecule has 1 aromatic carbocycles. The lowest BCUT2D eigenvalue weighted by Gasteiger charge is -2.11. The smallest absolute Gasteiger partial charge is 0.119 e. The van der Waals surface area contributed by atoms with Crippen molar-refractivity contribution in [1.82, 2.24) is 0 Å². The lowest BCUT2D eigenvalue weighted by molar-refractivity contribution is 0.0981. The molecule has 2 atom stereocenters. The van der Waals surface area contributed by atoms with Crippen LogP contribution in [-0.4, -0.2) is 19.3 Å². The van der Waals surface area contributed by atoms with E-state index in [4.69, 9.17) is 15.2 Å². The predicted molar refractivity (Wildman–Crippen MR) is 72.7 cm³/mol. The Morgan fingerprint density at radius 3 is 2.78 bits per heavy atom. The molecule has 2 unspecified atom stereocenters. The first-order valence-corrected chi connectivity index (χ1v) is 6.85. The minimum Gasteiger partial charge on any atom is -0.494 e. The Labute approximate surface area is 109 Å². The Hall–Kier alpha value is -1.06. The van der Waals surface area contributed by atoms with Gasteiger partial charge in [0.15, 0.2) is 0 Å². The fraction of sp³-hybridized carbons (Fsp3) is 0.600. The van der Waals surface area contributed by atoms with E-state index < -0.39 is 0 Å². The van der Waals surface area contributed by atoms with Gasteiger partial charge in [0.2, 0.25) is 0 Å². The lowest BCUT2D eigenvalue weighted by atomic mass is 10.1. The monoisotopic (exact) mass is 249 g/mol. The predicted octanol–water partition coefficient (Wildman–Crippen LogP) is 3.04. The Kier molecular flexibility index (Phi) is 5.02. The highest BCUT2D eigenvalue weighted by molar-refractivity contribution is 5.28. The fourth-order valence-electron chi connectivity index (χ4n) is 2.24. The van der Waals surface area contributed by atoms with E-state index in [-0.39, 0.29) is 6.04 Å². The molecule has 3 heteroatoms. The SMILES string of the molecule is CC(N)c1ccc(OCCCC2CCCO2)cc1. The average molecular weight is 249 g/mol. The molecule has 1 fully saturated rings. The summed E-state index contributed by atoms with van der Waals surface area (Å²) in [6, 6.07) is 8.12. The summed E-state index contributed by atoms with van der Waals surface area (Å²) in [4.78, 5) is 0. The summed E-state index contributed by atoms with van der Waals surface area (Å²) < 4.78 is 11.3. The van der Waals surface area contributed by atoms with Gasteiger partial charge in [-0.2, -0.15) is 0 Å². The molecule has 1 aliphatic rings. The van der Waals surface area contributed by atoms with E-state index in [2.05, 4.69) is 0 Å². The molecular weight excluding hydrogens is 226 g/mol. The van der Waals surface area contributed by atoms with E-state index in [1.54, 1.807) is 0 Å². The van der Waals surface area contributed by atoms with Gasteiger partial charge in [-0.25, -0.2) is 0 Å². The Bertz CT molecular complexity index is 342. The molecule has 2 N–H and O–H groups in total. The van der Waals surface area contributed by atoms with Crippen molar-refractivity contribution in [2.45, 2.75) is 44.8 Å². The number of hydrogen-bond acceptors (Lipinski definition) is 3. The standard InChI is InChI=1S/C15H23NO2/c1-12(16)13-6-8-15(9-7-13)18-11-3-5-14-4-2-10-17-14/h6-9,12,14H,2-5,10-11,16H2,1H3. The van der Waals surface area contributed by atoms with Crippen LogP contribution >= 0.6 is 0 Å². The molecular formula is C15H23NO2. The summed E-state index contributed by atoms with van der Waals surface area (Å²) in [7, 11) is 0. The molecule has 0 radical (unpaired) electrons. The Balaban J connectivity index is 1.66. The Morgan fingerprint density at radius 2 is 2.17 bits per heavy atom. The van der Waals surface area contributed by atoms with Crippen molar-refractivity contribution in [3.05, 3.63) is 29.8 Å². The maximum atomic E-state index is 5.80. The summed E-state index contributed by atoms with van der Waals surface area (Å²) in [5.41, 5.74) is 6.94. The number of benzene rings is 1. The third-order valence-corrected chi connectivity index (χ3v) is 3.37. The summed E-state index contributed by atoms with van der Waals surface area (Å²) >= 11 is 0. The Morgan fingerprint density at radius 1 is 1.39 bits per heavy atom. The summed E-state index contributed by atoms with van der Waals surface area (Å²) in [6.07, 6.45) is 5.05. The van der Waals surface area contributed by atoms with Crippen molar-refractivity contribution in [2.24, 2.45) is 5.73 Å². The second-order valence-corrected chi connectivity index (χ2v) is 4.98. The normalized spacial score (nSPS) is 20.9. The highest BCUT2D eigenvalue weighted by Gasteiger charge is 2.14. The molecule has 1 saturated heterocycles. The van der Waals surface area contributed by atoms with Gasteiger partial charge in [-0.15, -0.1) is 0 Å². The molecule has 0 aliphatic carbocycles. The first-order valence-electron chi connectivity index (χ1n) is 6.85. The first kappa shape index (κ1) is 13.4. The van der Waals surface area contributed by atoms with Gasteiger partial charge in [-0.1, -0.05) is 12.1 Å². The van der Waals surface area contributed by atoms with E-state index >= 15 is 0 Å². The first-order chi connectivity index (χ1) is 8.75. The third-order valence-electron chi connectivity index (χ3n) is 3.37. The zero-order valence-corrected chi connectivity index (χ0v) is 11.1. The molecule has 0 amide bonds. The molecule has 3 nitrogen and oxygen atoms in total. The zero-order chi connectivity index (χ0) is 12.8. The van der Waals surface area contributed by atoms with Gasteiger partial charge in [0, 0.05) is 12.6 Å². The highest BCUT2D eigenvalue weighted by Crippen LogP contribution is 2.18. The van der Waals surface area contributed by atoms with Gasteiger partial charge in [0.1, 0.15) is 5.75 Å². The van der Waals surface area contributed by atoms with Crippen LogP contribution in [0.4, 0.5) is 0 Å². The summed E-state index contributed by atoms with van der Waals surface area (Å²) in [5.74, 6) is 0.923. The number of hydrogen-bond donors (Lipinski definition) is 1. The van der Waals surface area contributed by atoms with Crippen LogP contribution in [0.5, 0.6) is 5.75 Å². The van der Waals surface area contributed by atoms with Crippen molar-refractivity contribution in [3.63, 3.8) is 0 Å². The zero-order valence-electron chi connectivity index (χ0n) is 11.1. The van der Waals surface area contributed by atoms with Crippen molar-refractivity contribution in [1.29, 1.82) is 0 Å². The molecule has 0 aromatic heterocycles. The van der Waals surface area contributed by atoms with Gasteiger partial charge in [0.25, 0.3) is 0 Å². The second kappa shape index (κ2) is 6.76. The van der Waals surface area contributed by atoms with Crippen LogP contribution in [0.15, 0.2) is 24.3 Å². The molecule has 0 spiro atoms. The highest BCUT2D eigenvalue weighted by atomic mass is 16.5. The van der Waals surface area contributed by atoms with Gasteiger partial charge >= 0.3 is 0 Å². The van der Waals surface area contributed by atoms with Crippen LogP contribution in [0.2, 0.25) is 0 Å². The van der Waals surface area contributed by atoms with Gasteiger partial charge in [-0.3, -0.25) is 0 Å². The fourth-order valence-corrected chi connectivity index (χ4v) is 2.24. The van der Waals surface area contributed by atoms with Crippen LogP contribution in [-0.2, 0) is 4.74 Å². The van der Waals surface area contributed by atoms with E-state index in [9.17, 15) is 0 Å². The van der Waals surface area contributed by atoms with Crippen molar-refractivity contribution < 1.29 is 9.47 Å². The number of ether oxygens (including phenoxy) is 2. The third kappa shape index (κ3) is 4.00. The van der Waals surface area contributed by atoms with E-state index in [0.29, 0.717) is 6.10 Å². The minimum absolute atomic E-state index is 0.0820.